The number of thioether (sulfide) groups is 1. The third-order valence-electron chi connectivity index (χ3n) is 5.00. The molecule has 0 aliphatic rings. The van der Waals surface area contributed by atoms with Gasteiger partial charge < -0.3 is 10.1 Å². The highest BCUT2D eigenvalue weighted by molar-refractivity contribution is 7.98. The zero-order valence-electron chi connectivity index (χ0n) is 18.5. The number of carbonyl (C=O) groups excluding carboxylic acids is 1. The number of aromatic nitrogens is 1. The third-order valence-corrected chi connectivity index (χ3v) is 6.93. The summed E-state index contributed by atoms with van der Waals surface area (Å²) in [6.45, 7) is 3.59. The van der Waals surface area contributed by atoms with Crippen molar-refractivity contribution >= 4 is 29.0 Å². The predicted molar refractivity (Wildman–Crippen MR) is 135 cm³/mol. The summed E-state index contributed by atoms with van der Waals surface area (Å²) in [5, 5.41) is 6.19. The molecule has 0 unspecified atom stereocenters. The minimum Gasteiger partial charge on any atom is -0.372 e. The van der Waals surface area contributed by atoms with E-state index >= 15 is 0 Å². The molecule has 1 heterocycles. The summed E-state index contributed by atoms with van der Waals surface area (Å²) in [5.41, 5.74) is 5.03. The highest BCUT2D eigenvalue weighted by Crippen LogP contribution is 2.27. The van der Waals surface area contributed by atoms with Crippen LogP contribution in [0, 0.1) is 6.92 Å². The van der Waals surface area contributed by atoms with Crippen molar-refractivity contribution < 1.29 is 9.53 Å². The van der Waals surface area contributed by atoms with Gasteiger partial charge in [0.15, 0.2) is 0 Å². The Kier molecular flexibility index (Phi) is 8.30. The van der Waals surface area contributed by atoms with Crippen LogP contribution in [0.1, 0.15) is 37.7 Å². The number of rotatable bonds is 10. The molecule has 0 atom stereocenters. The molecule has 0 saturated heterocycles. The number of amides is 1. The van der Waals surface area contributed by atoms with E-state index in [1.165, 1.54) is 0 Å². The molecule has 33 heavy (non-hydrogen) atoms. The van der Waals surface area contributed by atoms with Gasteiger partial charge in [-0.15, -0.1) is 23.1 Å². The third kappa shape index (κ3) is 7.02. The first-order valence-corrected chi connectivity index (χ1v) is 12.6. The number of thiazole rings is 1. The van der Waals surface area contributed by atoms with Gasteiger partial charge in [0, 0.05) is 22.6 Å². The van der Waals surface area contributed by atoms with Gasteiger partial charge in [0.2, 0.25) is 0 Å². The molecule has 0 spiro atoms. The van der Waals surface area contributed by atoms with Gasteiger partial charge in [0.25, 0.3) is 5.91 Å². The maximum absolute atomic E-state index is 12.9. The van der Waals surface area contributed by atoms with E-state index in [1.807, 2.05) is 67.6 Å². The quantitative estimate of drug-likeness (QED) is 0.271. The Hall–Kier alpha value is -2.93. The number of nitrogens with one attached hydrogen (secondary N) is 1. The maximum Gasteiger partial charge on any atom is 0.252 e. The van der Waals surface area contributed by atoms with Crippen LogP contribution in [0.5, 0.6) is 0 Å². The van der Waals surface area contributed by atoms with E-state index in [9.17, 15) is 4.79 Å². The van der Waals surface area contributed by atoms with Crippen LogP contribution in [0.15, 0.2) is 89.1 Å². The maximum atomic E-state index is 12.9. The average molecular weight is 475 g/mol. The van der Waals surface area contributed by atoms with Crippen LogP contribution in [-0.2, 0) is 30.2 Å². The van der Waals surface area contributed by atoms with Gasteiger partial charge in [-0.2, -0.15) is 0 Å². The van der Waals surface area contributed by atoms with Gasteiger partial charge >= 0.3 is 0 Å². The highest BCUT2D eigenvalue weighted by atomic mass is 32.2. The molecule has 1 N–H and O–H groups in total. The van der Waals surface area contributed by atoms with E-state index in [4.69, 9.17) is 4.74 Å². The van der Waals surface area contributed by atoms with E-state index in [1.54, 1.807) is 23.1 Å². The summed E-state index contributed by atoms with van der Waals surface area (Å²) in [4.78, 5) is 18.4. The predicted octanol–water partition coefficient (Wildman–Crippen LogP) is 6.39. The lowest BCUT2D eigenvalue weighted by atomic mass is 10.1. The van der Waals surface area contributed by atoms with E-state index in [0.717, 1.165) is 38.0 Å². The van der Waals surface area contributed by atoms with Crippen LogP contribution in [-0.4, -0.2) is 10.9 Å². The fraction of sp³-hybridized carbons (Fsp3) is 0.185. The lowest BCUT2D eigenvalue weighted by Crippen LogP contribution is -2.23. The second-order valence-electron chi connectivity index (χ2n) is 7.62. The molecule has 4 nitrogen and oxygen atoms in total. The molecule has 0 fully saturated rings. The zero-order chi connectivity index (χ0) is 22.9. The molecule has 3 aromatic carbocycles. The van der Waals surface area contributed by atoms with Gasteiger partial charge in [0.05, 0.1) is 29.5 Å². The van der Waals surface area contributed by atoms with Crippen molar-refractivity contribution in [1.82, 2.24) is 10.3 Å². The summed E-state index contributed by atoms with van der Waals surface area (Å²) in [5.74, 6) is 0.679. The lowest BCUT2D eigenvalue weighted by molar-refractivity contribution is 0.0948. The minimum absolute atomic E-state index is 0.0710. The van der Waals surface area contributed by atoms with Gasteiger partial charge in [0.1, 0.15) is 0 Å². The standard InChI is InChI=1S/C27H26N2O2S2/c1-20-29-24(18-32-20)19-33-26-13-6-5-12-25(26)27(30)28-15-22-10-7-11-23(14-22)17-31-16-21-8-3-2-4-9-21/h2-14,18H,15-17,19H2,1H3,(H,28,30). The SMILES string of the molecule is Cc1nc(CSc2ccccc2C(=O)NCc2cccc(COCc3ccccc3)c2)cs1. The molecule has 168 valence electrons. The number of hydrogen-bond donors (Lipinski definition) is 1. The Morgan fingerprint density at radius 3 is 2.48 bits per heavy atom. The second kappa shape index (κ2) is 11.8. The van der Waals surface area contributed by atoms with Crippen LogP contribution >= 0.6 is 23.1 Å². The Bertz CT molecular complexity index is 1190. The molecular weight excluding hydrogens is 448 g/mol. The van der Waals surface area contributed by atoms with Crippen molar-refractivity contribution in [2.24, 2.45) is 0 Å². The molecule has 1 amide bonds. The minimum atomic E-state index is -0.0710. The fourth-order valence-electron chi connectivity index (χ4n) is 3.37. The molecule has 1 aromatic heterocycles. The molecule has 0 aliphatic carbocycles. The highest BCUT2D eigenvalue weighted by Gasteiger charge is 2.12. The Morgan fingerprint density at radius 1 is 0.939 bits per heavy atom. The van der Waals surface area contributed by atoms with E-state index in [-0.39, 0.29) is 5.91 Å². The monoisotopic (exact) mass is 474 g/mol. The average Bonchev–Trinajstić information content (AvgIpc) is 3.27. The molecule has 4 rings (SSSR count). The summed E-state index contributed by atoms with van der Waals surface area (Å²) >= 11 is 3.29. The number of carbonyl (C=O) groups is 1. The zero-order valence-corrected chi connectivity index (χ0v) is 20.1. The molecule has 0 bridgehead atoms. The first kappa shape index (κ1) is 23.2. The van der Waals surface area contributed by atoms with Crippen molar-refractivity contribution in [3.63, 3.8) is 0 Å². The van der Waals surface area contributed by atoms with Crippen molar-refractivity contribution in [3.05, 3.63) is 117 Å². The van der Waals surface area contributed by atoms with Crippen LogP contribution in [0.2, 0.25) is 0 Å². The van der Waals surface area contributed by atoms with Crippen molar-refractivity contribution in [2.45, 2.75) is 37.3 Å². The van der Waals surface area contributed by atoms with Gasteiger partial charge in [-0.3, -0.25) is 4.79 Å². The van der Waals surface area contributed by atoms with E-state index in [0.29, 0.717) is 25.3 Å². The fourth-order valence-corrected chi connectivity index (χ4v) is 5.03. The second-order valence-corrected chi connectivity index (χ2v) is 9.70. The number of hydrogen-bond acceptors (Lipinski definition) is 5. The largest absolute Gasteiger partial charge is 0.372 e. The number of ether oxygens (including phenoxy) is 1. The van der Waals surface area contributed by atoms with Crippen LogP contribution in [0.3, 0.4) is 0 Å². The lowest BCUT2D eigenvalue weighted by Gasteiger charge is -2.11. The van der Waals surface area contributed by atoms with Gasteiger partial charge in [-0.1, -0.05) is 66.7 Å². The molecule has 6 heteroatoms. The van der Waals surface area contributed by atoms with Crippen LogP contribution in [0.4, 0.5) is 0 Å². The summed E-state index contributed by atoms with van der Waals surface area (Å²) in [7, 11) is 0. The number of benzene rings is 3. The Morgan fingerprint density at radius 2 is 1.67 bits per heavy atom. The summed E-state index contributed by atoms with van der Waals surface area (Å²) in [6.07, 6.45) is 0. The molecule has 4 aromatic rings. The number of aryl methyl sites for hydroxylation is 1. The number of nitrogens with zero attached hydrogens (tertiary/aromatic N) is 1. The van der Waals surface area contributed by atoms with Crippen LogP contribution in [0.25, 0.3) is 0 Å². The van der Waals surface area contributed by atoms with E-state index < -0.39 is 0 Å². The molecule has 0 aliphatic heterocycles. The molecule has 0 saturated carbocycles. The summed E-state index contributed by atoms with van der Waals surface area (Å²) in [6, 6.07) is 26.0. The Balaban J connectivity index is 1.31. The van der Waals surface area contributed by atoms with E-state index in [2.05, 4.69) is 33.9 Å². The normalized spacial score (nSPS) is 10.8. The first-order valence-electron chi connectivity index (χ1n) is 10.8. The summed E-state index contributed by atoms with van der Waals surface area (Å²) < 4.78 is 5.84. The van der Waals surface area contributed by atoms with Gasteiger partial charge in [-0.25, -0.2) is 4.98 Å². The first-order chi connectivity index (χ1) is 16.2. The molecular formula is C27H26N2O2S2. The van der Waals surface area contributed by atoms with Crippen molar-refractivity contribution in [1.29, 1.82) is 0 Å². The smallest absolute Gasteiger partial charge is 0.252 e. The van der Waals surface area contributed by atoms with Crippen molar-refractivity contribution in [3.8, 4) is 0 Å². The topological polar surface area (TPSA) is 51.2 Å². The van der Waals surface area contributed by atoms with Gasteiger partial charge in [-0.05, 0) is 35.7 Å². The Labute approximate surface area is 203 Å². The van der Waals surface area contributed by atoms with Crippen molar-refractivity contribution in [2.75, 3.05) is 0 Å². The van der Waals surface area contributed by atoms with Crippen LogP contribution < -0.4 is 5.32 Å². The molecule has 0 radical (unpaired) electrons.